The van der Waals surface area contributed by atoms with Crippen molar-refractivity contribution in [3.63, 3.8) is 0 Å². The summed E-state index contributed by atoms with van der Waals surface area (Å²) in [7, 11) is 0. The molecule has 0 aliphatic rings. The smallest absolute Gasteiger partial charge is 0.251 e. The molecule has 3 N–H and O–H groups in total. The zero-order valence-corrected chi connectivity index (χ0v) is 16.2. The highest BCUT2D eigenvalue weighted by molar-refractivity contribution is 5.99. The quantitative estimate of drug-likeness (QED) is 0.415. The fourth-order valence-electron chi connectivity index (χ4n) is 2.83. The van der Waals surface area contributed by atoms with E-state index in [1.165, 1.54) is 6.07 Å². The van der Waals surface area contributed by atoms with Gasteiger partial charge in [0, 0.05) is 22.6 Å². The Hall–Kier alpha value is -3.26. The van der Waals surface area contributed by atoms with Crippen LogP contribution in [-0.2, 0) is 6.42 Å². The maximum absolute atomic E-state index is 12.7. The van der Waals surface area contributed by atoms with Gasteiger partial charge in [0.15, 0.2) is 0 Å². The average Bonchev–Trinajstić information content (AvgIpc) is 2.71. The van der Waals surface area contributed by atoms with E-state index in [1.807, 2.05) is 37.3 Å². The lowest BCUT2D eigenvalue weighted by molar-refractivity contribution is -0.491. The van der Waals surface area contributed by atoms with Gasteiger partial charge >= 0.3 is 0 Å². The van der Waals surface area contributed by atoms with Crippen LogP contribution < -0.4 is 10.6 Å². The average molecular weight is 399 g/mol. The van der Waals surface area contributed by atoms with Gasteiger partial charge in [-0.1, -0.05) is 43.3 Å². The van der Waals surface area contributed by atoms with E-state index in [1.54, 1.807) is 18.2 Å². The molecule has 29 heavy (non-hydrogen) atoms. The predicted molar refractivity (Wildman–Crippen MR) is 108 cm³/mol. The highest BCUT2D eigenvalue weighted by atomic mass is 16.6. The first kappa shape index (κ1) is 22.0. The monoisotopic (exact) mass is 399 g/mol. The zero-order valence-electron chi connectivity index (χ0n) is 16.2. The molecule has 2 rings (SSSR count). The van der Waals surface area contributed by atoms with Crippen molar-refractivity contribution in [3.05, 3.63) is 81.4 Å². The van der Waals surface area contributed by atoms with E-state index in [0.29, 0.717) is 12.1 Å². The van der Waals surface area contributed by atoms with E-state index in [-0.39, 0.29) is 17.9 Å². The molecular weight excluding hydrogens is 374 g/mol. The second-order valence-electron chi connectivity index (χ2n) is 6.69. The minimum atomic E-state index is -1.36. The summed E-state index contributed by atoms with van der Waals surface area (Å²) in [6, 6.07) is 14.4. The predicted octanol–water partition coefficient (Wildman–Crippen LogP) is 1.81. The number of nitrogens with zero attached hydrogens (tertiary/aromatic N) is 1. The van der Waals surface area contributed by atoms with E-state index in [4.69, 9.17) is 0 Å². The summed E-state index contributed by atoms with van der Waals surface area (Å²) < 4.78 is 0. The van der Waals surface area contributed by atoms with Crippen molar-refractivity contribution in [2.24, 2.45) is 0 Å². The Balaban J connectivity index is 2.16. The summed E-state index contributed by atoms with van der Waals surface area (Å²) in [5.74, 6) is -0.797. The molecule has 0 saturated heterocycles. The first-order valence-corrected chi connectivity index (χ1v) is 9.43. The summed E-state index contributed by atoms with van der Waals surface area (Å²) >= 11 is 0. The Morgan fingerprint density at radius 3 is 2.34 bits per heavy atom. The van der Waals surface area contributed by atoms with Gasteiger partial charge in [-0.05, 0) is 36.6 Å². The number of carbonyl (C=O) groups excluding carboxylic acids is 2. The van der Waals surface area contributed by atoms with E-state index >= 15 is 0 Å². The topological polar surface area (TPSA) is 122 Å². The molecule has 154 valence electrons. The highest BCUT2D eigenvalue weighted by Crippen LogP contribution is 2.10. The van der Waals surface area contributed by atoms with Crippen LogP contribution in [0.3, 0.4) is 0 Å². The van der Waals surface area contributed by atoms with Crippen molar-refractivity contribution < 1.29 is 19.6 Å². The second-order valence-corrected chi connectivity index (χ2v) is 6.69. The van der Waals surface area contributed by atoms with E-state index < -0.39 is 29.5 Å². The molecule has 0 heterocycles. The fraction of sp³-hybridized carbons (Fsp3) is 0.333. The third-order valence-corrected chi connectivity index (χ3v) is 4.34. The van der Waals surface area contributed by atoms with Gasteiger partial charge in [-0.2, -0.15) is 0 Å². The highest BCUT2D eigenvalue weighted by Gasteiger charge is 2.26. The van der Waals surface area contributed by atoms with Gasteiger partial charge in [-0.3, -0.25) is 19.7 Å². The number of aliphatic hydroxyl groups excluding tert-OH is 1. The maximum Gasteiger partial charge on any atom is 0.251 e. The maximum atomic E-state index is 12.7. The zero-order chi connectivity index (χ0) is 21.2. The van der Waals surface area contributed by atoms with Crippen molar-refractivity contribution in [1.82, 2.24) is 10.6 Å². The van der Waals surface area contributed by atoms with Crippen molar-refractivity contribution >= 4 is 11.8 Å². The van der Waals surface area contributed by atoms with Crippen molar-refractivity contribution in [2.75, 3.05) is 13.1 Å². The van der Waals surface area contributed by atoms with E-state index in [9.17, 15) is 24.8 Å². The Morgan fingerprint density at radius 1 is 1.07 bits per heavy atom. The standard InChI is InChI=1S/C21H25N3O5/c1-2-11-22-20(26)16-9-6-10-17(13-16)21(27)23-18(19(25)14-24(28)29)12-15-7-4-3-5-8-15/h3-10,13,18-19,25H,2,11-12,14H2,1H3,(H,22,26)(H,23,27)/t18-,19+/m0/s1. The Morgan fingerprint density at radius 2 is 1.72 bits per heavy atom. The van der Waals surface area contributed by atoms with Crippen molar-refractivity contribution in [2.45, 2.75) is 31.9 Å². The number of hydrogen-bond acceptors (Lipinski definition) is 5. The van der Waals surface area contributed by atoms with Crippen LogP contribution in [0, 0.1) is 10.1 Å². The molecule has 0 aliphatic carbocycles. The van der Waals surface area contributed by atoms with Gasteiger partial charge in [0.05, 0.1) is 6.04 Å². The first-order valence-electron chi connectivity index (χ1n) is 9.43. The molecule has 2 aromatic rings. The number of carbonyl (C=O) groups is 2. The van der Waals surface area contributed by atoms with Crippen molar-refractivity contribution in [1.29, 1.82) is 0 Å². The number of amides is 2. The molecule has 0 aromatic heterocycles. The van der Waals surface area contributed by atoms with Gasteiger partial charge in [-0.25, -0.2) is 0 Å². The molecule has 0 bridgehead atoms. The van der Waals surface area contributed by atoms with Gasteiger partial charge < -0.3 is 15.7 Å². The van der Waals surface area contributed by atoms with Crippen LogP contribution in [0.4, 0.5) is 0 Å². The Kier molecular flexibility index (Phi) is 8.29. The lowest BCUT2D eigenvalue weighted by atomic mass is 10.0. The molecule has 0 aliphatic heterocycles. The van der Waals surface area contributed by atoms with E-state index in [0.717, 1.165) is 12.0 Å². The number of nitro groups is 1. The second kappa shape index (κ2) is 10.9. The molecule has 2 aromatic carbocycles. The van der Waals surface area contributed by atoms with Crippen molar-refractivity contribution in [3.8, 4) is 0 Å². The number of aliphatic hydroxyl groups is 1. The fourth-order valence-corrected chi connectivity index (χ4v) is 2.83. The summed E-state index contributed by atoms with van der Waals surface area (Å²) in [6.07, 6.45) is -0.329. The molecule has 0 unspecified atom stereocenters. The molecule has 8 nitrogen and oxygen atoms in total. The van der Waals surface area contributed by atoms with Gasteiger partial charge in [-0.15, -0.1) is 0 Å². The van der Waals surface area contributed by atoms with Gasteiger partial charge in [0.2, 0.25) is 6.54 Å². The Bertz CT molecular complexity index is 841. The van der Waals surface area contributed by atoms with Crippen LogP contribution in [-0.4, -0.2) is 47.1 Å². The van der Waals surface area contributed by atoms with Crippen LogP contribution >= 0.6 is 0 Å². The lowest BCUT2D eigenvalue weighted by Gasteiger charge is -2.22. The lowest BCUT2D eigenvalue weighted by Crippen LogP contribution is -2.47. The minimum absolute atomic E-state index is 0.234. The van der Waals surface area contributed by atoms with E-state index in [2.05, 4.69) is 10.6 Å². The number of benzene rings is 2. The van der Waals surface area contributed by atoms with Gasteiger partial charge in [0.25, 0.3) is 11.8 Å². The van der Waals surface area contributed by atoms with Gasteiger partial charge in [0.1, 0.15) is 6.10 Å². The summed E-state index contributed by atoms with van der Waals surface area (Å²) in [6.45, 7) is 1.78. The number of hydrogen-bond donors (Lipinski definition) is 3. The molecule has 2 amide bonds. The molecule has 0 radical (unpaired) electrons. The molecule has 2 atom stereocenters. The summed E-state index contributed by atoms with van der Waals surface area (Å²) in [5.41, 5.74) is 1.41. The van der Waals surface area contributed by atoms with Crippen LogP contribution in [0.5, 0.6) is 0 Å². The summed E-state index contributed by atoms with van der Waals surface area (Å²) in [4.78, 5) is 35.0. The molecular formula is C21H25N3O5. The van der Waals surface area contributed by atoms with Crippen LogP contribution in [0.25, 0.3) is 0 Å². The largest absolute Gasteiger partial charge is 0.384 e. The Labute approximate surface area is 169 Å². The van der Waals surface area contributed by atoms with Crippen LogP contribution in [0.2, 0.25) is 0 Å². The molecule has 8 heteroatoms. The molecule has 0 saturated carbocycles. The van der Waals surface area contributed by atoms with Crippen LogP contribution in [0.15, 0.2) is 54.6 Å². The third-order valence-electron chi connectivity index (χ3n) is 4.34. The first-order chi connectivity index (χ1) is 13.9. The minimum Gasteiger partial charge on any atom is -0.384 e. The SMILES string of the molecule is CCCNC(=O)c1cccc(C(=O)N[C@@H](Cc2ccccc2)[C@H](O)C[N+](=O)[O-])c1. The molecule has 0 fully saturated rings. The number of rotatable bonds is 10. The van der Waals surface area contributed by atoms with Crippen LogP contribution in [0.1, 0.15) is 39.6 Å². The third kappa shape index (κ3) is 7.00. The molecule has 0 spiro atoms. The number of nitrogens with one attached hydrogen (secondary N) is 2. The summed E-state index contributed by atoms with van der Waals surface area (Å²) in [5, 5.41) is 26.5. The normalized spacial score (nSPS) is 12.6.